The number of hydrogen-bond acceptors (Lipinski definition) is 4. The van der Waals surface area contributed by atoms with E-state index in [2.05, 4.69) is 35.7 Å². The molecule has 0 saturated carbocycles. The molecule has 2 rings (SSSR count). The van der Waals surface area contributed by atoms with E-state index >= 15 is 0 Å². The van der Waals surface area contributed by atoms with Gasteiger partial charge in [0.1, 0.15) is 0 Å². The van der Waals surface area contributed by atoms with Crippen LogP contribution in [-0.2, 0) is 16.6 Å². The molecular weight excluding hydrogens is 368 g/mol. The molecule has 1 aromatic rings. The van der Waals surface area contributed by atoms with E-state index in [0.717, 1.165) is 36.9 Å². The number of aliphatic imine (C=N–C) groups is 1. The van der Waals surface area contributed by atoms with Crippen molar-refractivity contribution in [2.24, 2.45) is 10.9 Å². The van der Waals surface area contributed by atoms with Gasteiger partial charge in [-0.15, -0.1) is 0 Å². The summed E-state index contributed by atoms with van der Waals surface area (Å²) >= 11 is 2.03. The average molecular weight is 399 g/mol. The molecule has 1 fully saturated rings. The minimum Gasteiger partial charge on any atom is -0.357 e. The summed E-state index contributed by atoms with van der Waals surface area (Å²) in [5, 5.41) is 3.98. The fraction of sp³-hybridized carbons (Fsp3) is 0.611. The van der Waals surface area contributed by atoms with Crippen LogP contribution >= 0.6 is 11.8 Å². The number of guanidine groups is 1. The molecule has 1 heterocycles. The van der Waals surface area contributed by atoms with Crippen LogP contribution in [0, 0.1) is 5.92 Å². The molecular formula is C18H30N4O2S2. The first-order valence-corrected chi connectivity index (χ1v) is 11.6. The van der Waals surface area contributed by atoms with Gasteiger partial charge >= 0.3 is 0 Å². The van der Waals surface area contributed by atoms with Gasteiger partial charge in [-0.2, -0.15) is 11.8 Å². The summed E-state index contributed by atoms with van der Waals surface area (Å²) in [4.78, 5) is 7.35. The van der Waals surface area contributed by atoms with Crippen molar-refractivity contribution >= 4 is 27.7 Å². The normalized spacial score (nSPS) is 19.0. The van der Waals surface area contributed by atoms with Crippen LogP contribution in [0.15, 0.2) is 34.2 Å². The van der Waals surface area contributed by atoms with Gasteiger partial charge in [-0.1, -0.05) is 26.0 Å². The summed E-state index contributed by atoms with van der Waals surface area (Å²) in [6, 6.07) is 6.94. The van der Waals surface area contributed by atoms with Crippen LogP contribution in [0.2, 0.25) is 0 Å². The van der Waals surface area contributed by atoms with Gasteiger partial charge in [0, 0.05) is 30.6 Å². The summed E-state index contributed by atoms with van der Waals surface area (Å²) < 4.78 is 26.3. The monoisotopic (exact) mass is 398 g/mol. The van der Waals surface area contributed by atoms with Crippen LogP contribution in [-0.4, -0.2) is 57.0 Å². The highest BCUT2D eigenvalue weighted by atomic mass is 32.2. The number of sulfonamides is 1. The fourth-order valence-corrected chi connectivity index (χ4v) is 4.89. The minimum absolute atomic E-state index is 0.270. The summed E-state index contributed by atoms with van der Waals surface area (Å²) in [6.07, 6.45) is 0. The second-order valence-electron chi connectivity index (χ2n) is 6.62. The first-order valence-electron chi connectivity index (χ1n) is 9.04. The van der Waals surface area contributed by atoms with E-state index in [1.165, 1.54) is 7.05 Å². The lowest BCUT2D eigenvalue weighted by atomic mass is 10.1. The third-order valence-electron chi connectivity index (χ3n) is 4.36. The van der Waals surface area contributed by atoms with Crippen LogP contribution in [0.1, 0.15) is 26.3 Å². The number of nitrogens with one attached hydrogen (secondary N) is 2. The first-order chi connectivity index (χ1) is 12.4. The molecule has 0 aromatic heterocycles. The van der Waals surface area contributed by atoms with Crippen molar-refractivity contribution in [3.63, 3.8) is 0 Å². The molecule has 1 unspecified atom stereocenters. The maximum Gasteiger partial charge on any atom is 0.240 e. The van der Waals surface area contributed by atoms with E-state index in [1.807, 2.05) is 17.8 Å². The van der Waals surface area contributed by atoms with Crippen LogP contribution in [0.25, 0.3) is 0 Å². The number of rotatable bonds is 6. The Morgan fingerprint density at radius 1 is 1.42 bits per heavy atom. The van der Waals surface area contributed by atoms with Gasteiger partial charge in [0.15, 0.2) is 5.96 Å². The van der Waals surface area contributed by atoms with E-state index in [9.17, 15) is 8.42 Å². The van der Waals surface area contributed by atoms with Gasteiger partial charge < -0.3 is 10.2 Å². The Balaban J connectivity index is 2.15. The summed E-state index contributed by atoms with van der Waals surface area (Å²) in [5.74, 6) is 2.64. The zero-order valence-corrected chi connectivity index (χ0v) is 17.7. The van der Waals surface area contributed by atoms with Crippen molar-refractivity contribution < 1.29 is 8.42 Å². The number of thioether (sulfide) groups is 1. The maximum atomic E-state index is 12.0. The molecule has 0 bridgehead atoms. The molecule has 6 nitrogen and oxygen atoms in total. The van der Waals surface area contributed by atoms with E-state index in [0.29, 0.717) is 17.7 Å². The molecule has 0 spiro atoms. The summed E-state index contributed by atoms with van der Waals surface area (Å²) in [7, 11) is -2.01. The summed E-state index contributed by atoms with van der Waals surface area (Å²) in [5.41, 5.74) is 0.878. The number of benzene rings is 1. The number of hydrogen-bond donors (Lipinski definition) is 2. The van der Waals surface area contributed by atoms with E-state index in [4.69, 9.17) is 4.99 Å². The van der Waals surface area contributed by atoms with Gasteiger partial charge in [-0.3, -0.25) is 0 Å². The average Bonchev–Trinajstić information content (AvgIpc) is 2.65. The second kappa shape index (κ2) is 9.62. The van der Waals surface area contributed by atoms with Crippen molar-refractivity contribution in [1.82, 2.24) is 14.9 Å². The largest absolute Gasteiger partial charge is 0.357 e. The van der Waals surface area contributed by atoms with Gasteiger partial charge in [0.2, 0.25) is 10.0 Å². The van der Waals surface area contributed by atoms with Gasteiger partial charge in [-0.25, -0.2) is 18.1 Å². The topological polar surface area (TPSA) is 73.8 Å². The van der Waals surface area contributed by atoms with Crippen LogP contribution in [0.5, 0.6) is 0 Å². The second-order valence-corrected chi connectivity index (χ2v) is 9.86. The lowest BCUT2D eigenvalue weighted by molar-refractivity contribution is 0.381. The molecule has 0 radical (unpaired) electrons. The molecule has 1 saturated heterocycles. The Kier molecular flexibility index (Phi) is 7.79. The number of nitrogens with zero attached hydrogens (tertiary/aromatic N) is 2. The van der Waals surface area contributed by atoms with Crippen molar-refractivity contribution in [1.29, 1.82) is 0 Å². The predicted octanol–water partition coefficient (Wildman–Crippen LogP) is 2.13. The Labute approximate surface area is 161 Å². The Morgan fingerprint density at radius 2 is 2.19 bits per heavy atom. The highest BCUT2D eigenvalue weighted by Gasteiger charge is 2.24. The quantitative estimate of drug-likeness (QED) is 0.567. The molecule has 0 aliphatic carbocycles. The minimum atomic E-state index is -3.43. The highest BCUT2D eigenvalue weighted by molar-refractivity contribution is 8.00. The molecule has 26 heavy (non-hydrogen) atoms. The van der Waals surface area contributed by atoms with E-state index in [1.54, 1.807) is 18.2 Å². The fourth-order valence-electron chi connectivity index (χ4n) is 2.79. The van der Waals surface area contributed by atoms with E-state index < -0.39 is 10.0 Å². The SMILES string of the molecule is CCNC(=NCc1cccc(S(=O)(=O)NC)c1)N1CCSC(C(C)C)C1. The van der Waals surface area contributed by atoms with Gasteiger partial charge in [0.05, 0.1) is 11.4 Å². The lowest BCUT2D eigenvalue weighted by Gasteiger charge is -2.36. The standard InChI is InChI=1S/C18H30N4O2S2/c1-5-20-18(22-9-10-25-17(13-22)14(2)3)21-12-15-7-6-8-16(11-15)26(23,24)19-4/h6-8,11,14,17,19H,5,9-10,12-13H2,1-4H3,(H,20,21). The first kappa shape index (κ1) is 21.1. The molecule has 1 aromatic carbocycles. The molecule has 1 aliphatic rings. The Hall–Kier alpha value is -1.25. The molecule has 2 N–H and O–H groups in total. The van der Waals surface area contributed by atoms with Crippen molar-refractivity contribution in [2.45, 2.75) is 37.5 Å². The molecule has 8 heteroatoms. The lowest BCUT2D eigenvalue weighted by Crippen LogP contribution is -2.49. The molecule has 146 valence electrons. The van der Waals surface area contributed by atoms with Crippen molar-refractivity contribution in [2.75, 3.05) is 32.4 Å². The zero-order valence-electron chi connectivity index (χ0n) is 16.0. The van der Waals surface area contributed by atoms with Gasteiger partial charge in [0.25, 0.3) is 0 Å². The Morgan fingerprint density at radius 3 is 2.85 bits per heavy atom. The molecule has 1 aliphatic heterocycles. The molecule has 1 atom stereocenters. The Bertz CT molecular complexity index is 720. The van der Waals surface area contributed by atoms with Crippen molar-refractivity contribution in [3.05, 3.63) is 29.8 Å². The van der Waals surface area contributed by atoms with Crippen LogP contribution < -0.4 is 10.0 Å². The third-order valence-corrected chi connectivity index (χ3v) is 7.31. The van der Waals surface area contributed by atoms with E-state index in [-0.39, 0.29) is 4.90 Å². The highest BCUT2D eigenvalue weighted by Crippen LogP contribution is 2.25. The maximum absolute atomic E-state index is 12.0. The molecule has 0 amide bonds. The predicted molar refractivity (Wildman–Crippen MR) is 110 cm³/mol. The third kappa shape index (κ3) is 5.62. The van der Waals surface area contributed by atoms with Gasteiger partial charge in [-0.05, 0) is 37.6 Å². The zero-order chi connectivity index (χ0) is 19.2. The summed E-state index contributed by atoms with van der Waals surface area (Å²) in [6.45, 7) is 9.82. The van der Waals surface area contributed by atoms with Crippen molar-refractivity contribution in [3.8, 4) is 0 Å². The van der Waals surface area contributed by atoms with Crippen LogP contribution in [0.3, 0.4) is 0 Å². The van der Waals surface area contributed by atoms with Crippen LogP contribution in [0.4, 0.5) is 0 Å². The smallest absolute Gasteiger partial charge is 0.240 e.